The number of nitrogens with one attached hydrogen (secondary N) is 1. The van der Waals surface area contributed by atoms with Gasteiger partial charge in [0, 0.05) is 51.2 Å². The molecule has 0 bridgehead atoms. The fourth-order valence-electron chi connectivity index (χ4n) is 3.80. The number of nitrogens with zero attached hydrogens (tertiary/aromatic N) is 6. The van der Waals surface area contributed by atoms with Crippen molar-refractivity contribution in [3.05, 3.63) is 18.5 Å². The predicted octanol–water partition coefficient (Wildman–Crippen LogP) is 1.68. The Morgan fingerprint density at radius 1 is 1.15 bits per heavy atom. The molecule has 2 fully saturated rings. The summed E-state index contributed by atoms with van der Waals surface area (Å²) in [6, 6.07) is 2.37. The lowest BCUT2D eigenvalue weighted by Crippen LogP contribution is -2.53. The lowest BCUT2D eigenvalue weighted by Gasteiger charge is -2.37. The van der Waals surface area contributed by atoms with Crippen LogP contribution in [0.1, 0.15) is 33.6 Å². The number of aromatic nitrogens is 2. The van der Waals surface area contributed by atoms with Crippen LogP contribution in [-0.2, 0) is 0 Å². The normalized spacial score (nSPS) is 21.4. The standard InChI is InChI=1S/C20H35N7/c1-4-21-19(24-16-18(3)25-10-6-17(2)7-11-25)26-12-14-27(15-13-26)20-22-8-5-9-23-20/h5,8-9,17-18H,4,6-7,10-16H2,1-3H3,(H,21,24). The van der Waals surface area contributed by atoms with Gasteiger partial charge in [0.2, 0.25) is 5.95 Å². The summed E-state index contributed by atoms with van der Waals surface area (Å²) in [7, 11) is 0. The van der Waals surface area contributed by atoms with E-state index in [4.69, 9.17) is 4.99 Å². The fraction of sp³-hybridized carbons (Fsp3) is 0.750. The number of piperidine rings is 1. The highest BCUT2D eigenvalue weighted by Gasteiger charge is 2.23. The van der Waals surface area contributed by atoms with E-state index in [0.29, 0.717) is 6.04 Å². The van der Waals surface area contributed by atoms with Crippen molar-refractivity contribution in [3.8, 4) is 0 Å². The molecule has 0 amide bonds. The predicted molar refractivity (Wildman–Crippen MR) is 111 cm³/mol. The van der Waals surface area contributed by atoms with Gasteiger partial charge in [0.15, 0.2) is 5.96 Å². The van der Waals surface area contributed by atoms with Crippen molar-refractivity contribution in [2.75, 3.05) is 57.3 Å². The molecule has 2 aliphatic heterocycles. The molecule has 0 aromatic carbocycles. The summed E-state index contributed by atoms with van der Waals surface area (Å²) in [5.74, 6) is 2.74. The first kappa shape index (κ1) is 19.9. The fourth-order valence-corrected chi connectivity index (χ4v) is 3.80. The average Bonchev–Trinajstić information content (AvgIpc) is 2.72. The van der Waals surface area contributed by atoms with Crippen LogP contribution in [0.4, 0.5) is 5.95 Å². The monoisotopic (exact) mass is 373 g/mol. The highest BCUT2D eigenvalue weighted by Crippen LogP contribution is 2.18. The van der Waals surface area contributed by atoms with Crippen LogP contribution in [0.5, 0.6) is 0 Å². The molecule has 3 heterocycles. The third-order valence-electron chi connectivity index (χ3n) is 5.70. The van der Waals surface area contributed by atoms with Gasteiger partial charge in [-0.15, -0.1) is 0 Å². The molecule has 1 atom stereocenters. The van der Waals surface area contributed by atoms with Crippen molar-refractivity contribution >= 4 is 11.9 Å². The first-order valence-corrected chi connectivity index (χ1v) is 10.5. The van der Waals surface area contributed by atoms with Crippen molar-refractivity contribution in [1.82, 2.24) is 25.1 Å². The molecule has 1 N–H and O–H groups in total. The highest BCUT2D eigenvalue weighted by atomic mass is 15.4. The smallest absolute Gasteiger partial charge is 0.225 e. The Balaban J connectivity index is 1.53. The molecule has 1 aromatic rings. The number of hydrogen-bond acceptors (Lipinski definition) is 5. The van der Waals surface area contributed by atoms with E-state index in [2.05, 4.69) is 50.8 Å². The van der Waals surface area contributed by atoms with Gasteiger partial charge in [0.1, 0.15) is 0 Å². The summed E-state index contributed by atoms with van der Waals surface area (Å²) in [5.41, 5.74) is 0. The minimum absolute atomic E-state index is 0.505. The topological polar surface area (TPSA) is 59.9 Å². The SMILES string of the molecule is CCNC(=NCC(C)N1CCC(C)CC1)N1CCN(c2ncccn2)CC1. The average molecular weight is 374 g/mol. The van der Waals surface area contributed by atoms with Crippen LogP contribution < -0.4 is 10.2 Å². The molecule has 7 heteroatoms. The van der Waals surface area contributed by atoms with Crippen LogP contribution in [0.15, 0.2) is 23.5 Å². The number of aliphatic imine (C=N–C) groups is 1. The van der Waals surface area contributed by atoms with E-state index in [-0.39, 0.29) is 0 Å². The zero-order valence-electron chi connectivity index (χ0n) is 17.1. The molecule has 3 rings (SSSR count). The summed E-state index contributed by atoms with van der Waals surface area (Å²) in [4.78, 5) is 20.9. The lowest BCUT2D eigenvalue weighted by atomic mass is 9.98. The molecule has 0 aliphatic carbocycles. The number of likely N-dealkylation sites (tertiary alicyclic amines) is 1. The van der Waals surface area contributed by atoms with Gasteiger partial charge in [-0.25, -0.2) is 9.97 Å². The summed E-state index contributed by atoms with van der Waals surface area (Å²) >= 11 is 0. The number of rotatable bonds is 5. The third-order valence-corrected chi connectivity index (χ3v) is 5.70. The van der Waals surface area contributed by atoms with Gasteiger partial charge >= 0.3 is 0 Å². The molecule has 2 saturated heterocycles. The maximum absolute atomic E-state index is 4.97. The summed E-state index contributed by atoms with van der Waals surface area (Å²) in [5, 5.41) is 3.48. The van der Waals surface area contributed by atoms with Gasteiger partial charge in [0.25, 0.3) is 0 Å². The van der Waals surface area contributed by atoms with Gasteiger partial charge < -0.3 is 15.1 Å². The Hall–Kier alpha value is -1.89. The highest BCUT2D eigenvalue weighted by molar-refractivity contribution is 5.80. The Kier molecular flexibility index (Phi) is 7.26. The van der Waals surface area contributed by atoms with E-state index in [1.807, 2.05) is 18.5 Å². The van der Waals surface area contributed by atoms with Crippen LogP contribution in [-0.4, -0.2) is 84.1 Å². The van der Waals surface area contributed by atoms with Gasteiger partial charge in [-0.1, -0.05) is 6.92 Å². The molecule has 1 aromatic heterocycles. The molecule has 0 radical (unpaired) electrons. The van der Waals surface area contributed by atoms with Crippen LogP contribution in [0, 0.1) is 5.92 Å². The second-order valence-corrected chi connectivity index (χ2v) is 7.79. The Labute approximate surface area is 163 Å². The van der Waals surface area contributed by atoms with E-state index >= 15 is 0 Å². The van der Waals surface area contributed by atoms with Crippen molar-refractivity contribution in [1.29, 1.82) is 0 Å². The van der Waals surface area contributed by atoms with Gasteiger partial charge in [-0.2, -0.15) is 0 Å². The van der Waals surface area contributed by atoms with Crippen molar-refractivity contribution < 1.29 is 0 Å². The summed E-state index contributed by atoms with van der Waals surface area (Å²) in [6.07, 6.45) is 6.25. The van der Waals surface area contributed by atoms with Gasteiger partial charge in [0.05, 0.1) is 6.54 Å². The Morgan fingerprint density at radius 3 is 2.44 bits per heavy atom. The molecule has 27 heavy (non-hydrogen) atoms. The van der Waals surface area contributed by atoms with Crippen LogP contribution >= 0.6 is 0 Å². The molecule has 1 unspecified atom stereocenters. The van der Waals surface area contributed by atoms with Crippen LogP contribution in [0.2, 0.25) is 0 Å². The van der Waals surface area contributed by atoms with Crippen molar-refractivity contribution in [2.45, 2.75) is 39.7 Å². The van der Waals surface area contributed by atoms with E-state index in [1.165, 1.54) is 25.9 Å². The molecule has 150 valence electrons. The zero-order chi connectivity index (χ0) is 19.1. The third kappa shape index (κ3) is 5.54. The maximum Gasteiger partial charge on any atom is 0.225 e. The zero-order valence-corrected chi connectivity index (χ0v) is 17.1. The van der Waals surface area contributed by atoms with Crippen molar-refractivity contribution in [2.24, 2.45) is 10.9 Å². The quantitative estimate of drug-likeness (QED) is 0.626. The van der Waals surface area contributed by atoms with E-state index < -0.39 is 0 Å². The molecule has 0 saturated carbocycles. The number of piperazine rings is 1. The van der Waals surface area contributed by atoms with Crippen molar-refractivity contribution in [3.63, 3.8) is 0 Å². The van der Waals surface area contributed by atoms with Crippen LogP contribution in [0.25, 0.3) is 0 Å². The molecule has 7 nitrogen and oxygen atoms in total. The summed E-state index contributed by atoms with van der Waals surface area (Å²) < 4.78 is 0. The molecule has 0 spiro atoms. The first-order valence-electron chi connectivity index (χ1n) is 10.5. The Morgan fingerprint density at radius 2 is 1.81 bits per heavy atom. The first-order chi connectivity index (χ1) is 13.2. The number of guanidine groups is 1. The molecular weight excluding hydrogens is 338 g/mol. The maximum atomic E-state index is 4.97. The largest absolute Gasteiger partial charge is 0.357 e. The second kappa shape index (κ2) is 9.88. The molecular formula is C20H35N7. The minimum atomic E-state index is 0.505. The lowest BCUT2D eigenvalue weighted by molar-refractivity contribution is 0.150. The Bertz CT molecular complexity index is 575. The number of anilines is 1. The minimum Gasteiger partial charge on any atom is -0.357 e. The molecule has 2 aliphatic rings. The van der Waals surface area contributed by atoms with E-state index in [0.717, 1.165) is 57.1 Å². The van der Waals surface area contributed by atoms with Crippen LogP contribution in [0.3, 0.4) is 0 Å². The van der Waals surface area contributed by atoms with E-state index in [1.54, 1.807) is 0 Å². The van der Waals surface area contributed by atoms with E-state index in [9.17, 15) is 0 Å². The number of hydrogen-bond donors (Lipinski definition) is 1. The second-order valence-electron chi connectivity index (χ2n) is 7.79. The summed E-state index contributed by atoms with van der Waals surface area (Å²) in [6.45, 7) is 14.7. The van der Waals surface area contributed by atoms with Gasteiger partial charge in [-0.05, 0) is 51.8 Å². The van der Waals surface area contributed by atoms with Gasteiger partial charge in [-0.3, -0.25) is 9.89 Å².